The number of aromatic nitrogens is 1. The van der Waals surface area contributed by atoms with Crippen molar-refractivity contribution in [2.75, 3.05) is 0 Å². The fraction of sp³-hybridized carbons (Fsp3) is 0.0769. The van der Waals surface area contributed by atoms with Crippen molar-refractivity contribution < 1.29 is 0 Å². The number of thioether (sulfide) groups is 1. The predicted octanol–water partition coefficient (Wildman–Crippen LogP) is 4.55. The molecule has 0 aliphatic carbocycles. The van der Waals surface area contributed by atoms with Gasteiger partial charge in [0.15, 0.2) is 0 Å². The van der Waals surface area contributed by atoms with Crippen LogP contribution in [0, 0.1) is 11.3 Å². The Morgan fingerprint density at radius 1 is 1.22 bits per heavy atom. The van der Waals surface area contributed by atoms with Crippen LogP contribution in [0.3, 0.4) is 0 Å². The van der Waals surface area contributed by atoms with Crippen LogP contribution in [0.2, 0.25) is 10.0 Å². The molecule has 0 bridgehead atoms. The molecule has 0 radical (unpaired) electrons. The summed E-state index contributed by atoms with van der Waals surface area (Å²) in [6.07, 6.45) is 1.58. The van der Waals surface area contributed by atoms with E-state index in [1.807, 2.05) is 30.3 Å². The van der Waals surface area contributed by atoms with Gasteiger partial charge in [0.1, 0.15) is 11.1 Å². The first-order valence-electron chi connectivity index (χ1n) is 5.13. The van der Waals surface area contributed by atoms with E-state index in [4.69, 9.17) is 28.5 Å². The molecule has 0 spiro atoms. The lowest BCUT2D eigenvalue weighted by molar-refractivity contribution is 1.12. The van der Waals surface area contributed by atoms with Crippen molar-refractivity contribution in [1.29, 1.82) is 5.26 Å². The molecule has 0 aliphatic heterocycles. The van der Waals surface area contributed by atoms with Gasteiger partial charge in [-0.2, -0.15) is 5.26 Å². The summed E-state index contributed by atoms with van der Waals surface area (Å²) in [6.45, 7) is 0. The summed E-state index contributed by atoms with van der Waals surface area (Å²) in [4.78, 5) is 4.17. The Kier molecular flexibility index (Phi) is 4.48. The molecule has 0 amide bonds. The topological polar surface area (TPSA) is 36.7 Å². The van der Waals surface area contributed by atoms with Crippen LogP contribution in [-0.4, -0.2) is 4.98 Å². The van der Waals surface area contributed by atoms with E-state index in [0.29, 0.717) is 21.4 Å². The van der Waals surface area contributed by atoms with E-state index in [1.165, 1.54) is 11.8 Å². The highest BCUT2D eigenvalue weighted by Gasteiger charge is 2.08. The van der Waals surface area contributed by atoms with Crippen LogP contribution < -0.4 is 0 Å². The summed E-state index contributed by atoms with van der Waals surface area (Å²) in [6, 6.07) is 11.3. The van der Waals surface area contributed by atoms with Gasteiger partial charge in [0.25, 0.3) is 0 Å². The number of rotatable bonds is 3. The molecular weight excluding hydrogens is 287 g/mol. The van der Waals surface area contributed by atoms with Crippen molar-refractivity contribution in [3.05, 3.63) is 57.7 Å². The van der Waals surface area contributed by atoms with Crippen molar-refractivity contribution in [1.82, 2.24) is 4.98 Å². The summed E-state index contributed by atoms with van der Waals surface area (Å²) in [5, 5.41) is 10.6. The summed E-state index contributed by atoms with van der Waals surface area (Å²) in [7, 11) is 0. The normalized spacial score (nSPS) is 10.1. The van der Waals surface area contributed by atoms with E-state index in [0.717, 1.165) is 10.6 Å². The van der Waals surface area contributed by atoms with Gasteiger partial charge in [-0.3, -0.25) is 0 Å². The van der Waals surface area contributed by atoms with Crippen molar-refractivity contribution in [2.24, 2.45) is 0 Å². The summed E-state index contributed by atoms with van der Waals surface area (Å²) in [5.41, 5.74) is 1.46. The first-order valence-corrected chi connectivity index (χ1v) is 6.87. The molecule has 90 valence electrons. The Hall–Kier alpha value is -1.21. The molecule has 0 unspecified atom stereocenters. The van der Waals surface area contributed by atoms with Gasteiger partial charge < -0.3 is 0 Å². The highest BCUT2D eigenvalue weighted by Crippen LogP contribution is 2.31. The minimum Gasteiger partial charge on any atom is -0.248 e. The Bertz CT molecular complexity index is 608. The highest BCUT2D eigenvalue weighted by molar-refractivity contribution is 7.98. The van der Waals surface area contributed by atoms with Crippen LogP contribution in [0.5, 0.6) is 0 Å². The molecule has 0 atom stereocenters. The van der Waals surface area contributed by atoms with Gasteiger partial charge in [0.2, 0.25) is 0 Å². The van der Waals surface area contributed by atoms with Crippen molar-refractivity contribution >= 4 is 35.0 Å². The van der Waals surface area contributed by atoms with Crippen LogP contribution in [0.1, 0.15) is 11.1 Å². The molecule has 5 heteroatoms. The monoisotopic (exact) mass is 294 g/mol. The first kappa shape index (κ1) is 13.2. The lowest BCUT2D eigenvalue weighted by Gasteiger charge is -2.05. The molecule has 2 aromatic rings. The maximum Gasteiger partial charge on any atom is 0.116 e. The first-order chi connectivity index (χ1) is 8.72. The average Bonchev–Trinajstić information content (AvgIpc) is 2.39. The fourth-order valence-electron chi connectivity index (χ4n) is 1.37. The molecule has 0 saturated heterocycles. The second-order valence-electron chi connectivity index (χ2n) is 3.47. The SMILES string of the molecule is N#Cc1ccnc(SCc2ccccc2Cl)c1Cl. The zero-order valence-corrected chi connectivity index (χ0v) is 11.6. The number of nitrogens with zero attached hydrogens (tertiary/aromatic N) is 2. The number of pyridine rings is 1. The minimum atomic E-state index is 0.400. The van der Waals surface area contributed by atoms with Crippen LogP contribution in [0.4, 0.5) is 0 Å². The van der Waals surface area contributed by atoms with Crippen LogP contribution in [0.25, 0.3) is 0 Å². The van der Waals surface area contributed by atoms with Gasteiger partial charge in [-0.05, 0) is 17.7 Å². The van der Waals surface area contributed by atoms with Crippen LogP contribution in [0.15, 0.2) is 41.6 Å². The van der Waals surface area contributed by atoms with Gasteiger partial charge in [-0.15, -0.1) is 11.8 Å². The summed E-state index contributed by atoms with van der Waals surface area (Å²) in [5.74, 6) is 0.668. The second-order valence-corrected chi connectivity index (χ2v) is 5.22. The summed E-state index contributed by atoms with van der Waals surface area (Å²) >= 11 is 13.6. The molecule has 1 aromatic carbocycles. The predicted molar refractivity (Wildman–Crippen MR) is 75.0 cm³/mol. The van der Waals surface area contributed by atoms with Crippen molar-refractivity contribution in [3.8, 4) is 6.07 Å². The third-order valence-corrected chi connectivity index (χ3v) is 4.20. The molecule has 0 fully saturated rings. The summed E-state index contributed by atoms with van der Waals surface area (Å²) < 4.78 is 0. The van der Waals surface area contributed by atoms with Crippen molar-refractivity contribution in [3.63, 3.8) is 0 Å². The molecule has 0 aliphatic rings. The van der Waals surface area contributed by atoms with Gasteiger partial charge >= 0.3 is 0 Å². The lowest BCUT2D eigenvalue weighted by atomic mass is 10.2. The highest BCUT2D eigenvalue weighted by atomic mass is 35.5. The smallest absolute Gasteiger partial charge is 0.116 e. The van der Waals surface area contributed by atoms with Crippen molar-refractivity contribution in [2.45, 2.75) is 10.8 Å². The van der Waals surface area contributed by atoms with E-state index in [2.05, 4.69) is 4.98 Å². The number of benzene rings is 1. The van der Waals surface area contributed by atoms with Crippen LogP contribution >= 0.6 is 35.0 Å². The van der Waals surface area contributed by atoms with Gasteiger partial charge in [-0.1, -0.05) is 41.4 Å². The Balaban J connectivity index is 2.17. The standard InChI is InChI=1S/C13H8Cl2N2S/c14-11-4-2-1-3-10(11)8-18-13-12(15)9(7-16)5-6-17-13/h1-6H,8H2. The maximum atomic E-state index is 8.88. The third-order valence-electron chi connectivity index (χ3n) is 2.30. The number of hydrogen-bond donors (Lipinski definition) is 0. The molecule has 0 saturated carbocycles. The zero-order chi connectivity index (χ0) is 13.0. The van der Waals surface area contributed by atoms with Crippen LogP contribution in [-0.2, 0) is 5.75 Å². The van der Waals surface area contributed by atoms with E-state index in [-0.39, 0.29) is 0 Å². The number of nitriles is 1. The number of halogens is 2. The van der Waals surface area contributed by atoms with Gasteiger partial charge in [0, 0.05) is 17.0 Å². The largest absolute Gasteiger partial charge is 0.248 e. The minimum absolute atomic E-state index is 0.400. The second kappa shape index (κ2) is 6.10. The van der Waals surface area contributed by atoms with Gasteiger partial charge in [-0.25, -0.2) is 4.98 Å². The molecule has 2 nitrogen and oxygen atoms in total. The Labute approximate surface area is 120 Å². The Morgan fingerprint density at radius 2 is 2.00 bits per heavy atom. The third kappa shape index (κ3) is 2.97. The molecule has 1 aromatic heterocycles. The zero-order valence-electron chi connectivity index (χ0n) is 9.23. The average molecular weight is 295 g/mol. The molecule has 18 heavy (non-hydrogen) atoms. The molecular formula is C13H8Cl2N2S. The molecule has 2 rings (SSSR count). The quantitative estimate of drug-likeness (QED) is 0.779. The molecule has 1 heterocycles. The van der Waals surface area contributed by atoms with E-state index in [1.54, 1.807) is 12.3 Å². The Morgan fingerprint density at radius 3 is 2.72 bits per heavy atom. The van der Waals surface area contributed by atoms with Gasteiger partial charge in [0.05, 0.1) is 10.6 Å². The fourth-order valence-corrected chi connectivity index (χ4v) is 2.89. The molecule has 0 N–H and O–H groups in total. The lowest BCUT2D eigenvalue weighted by Crippen LogP contribution is -1.88. The van der Waals surface area contributed by atoms with E-state index < -0.39 is 0 Å². The van der Waals surface area contributed by atoms with E-state index >= 15 is 0 Å². The maximum absolute atomic E-state index is 8.88. The number of hydrogen-bond acceptors (Lipinski definition) is 3. The van der Waals surface area contributed by atoms with E-state index in [9.17, 15) is 0 Å².